The van der Waals surface area contributed by atoms with E-state index in [1.165, 1.54) is 42.0 Å². The van der Waals surface area contributed by atoms with Gasteiger partial charge in [0.25, 0.3) is 11.5 Å². The van der Waals surface area contributed by atoms with E-state index in [1.807, 2.05) is 17.5 Å². The summed E-state index contributed by atoms with van der Waals surface area (Å²) in [6.45, 7) is 1.72. The summed E-state index contributed by atoms with van der Waals surface area (Å²) in [7, 11) is 1.30. The molecule has 1 saturated heterocycles. The lowest BCUT2D eigenvalue weighted by atomic mass is 9.99. The molecule has 0 atom stereocenters. The van der Waals surface area contributed by atoms with Gasteiger partial charge in [0.2, 0.25) is 5.88 Å². The molecule has 1 amide bonds. The number of hydrogen-bond donors (Lipinski definition) is 1. The SMILES string of the molecule is Cc1c(C(=O)CCCN2C(=O)/C(=C/c3cccs3)SC2=S)c(O)n(C)c(=O)c1C#N. The van der Waals surface area contributed by atoms with Gasteiger partial charge >= 0.3 is 0 Å². The lowest BCUT2D eigenvalue weighted by Gasteiger charge is -2.15. The number of thioether (sulfide) groups is 1. The van der Waals surface area contributed by atoms with Gasteiger partial charge in [-0.05, 0) is 36.4 Å². The molecule has 0 unspecified atom stereocenters. The molecule has 154 valence electrons. The van der Waals surface area contributed by atoms with Crippen LogP contribution in [0.5, 0.6) is 5.88 Å². The Labute approximate surface area is 186 Å². The van der Waals surface area contributed by atoms with E-state index in [9.17, 15) is 24.8 Å². The molecule has 2 aromatic rings. The third kappa shape index (κ3) is 4.09. The first kappa shape index (κ1) is 22.0. The fourth-order valence-electron chi connectivity index (χ4n) is 3.07. The third-order valence-electron chi connectivity index (χ3n) is 4.68. The smallest absolute Gasteiger partial charge is 0.271 e. The fraction of sp³-hybridized carbons (Fsp3) is 0.250. The van der Waals surface area contributed by atoms with Crippen LogP contribution in [0, 0.1) is 18.3 Å². The van der Waals surface area contributed by atoms with Gasteiger partial charge in [0.05, 0.1) is 10.5 Å². The average molecular weight is 460 g/mol. The molecule has 0 aliphatic carbocycles. The number of carbonyl (C=O) groups is 2. The number of ketones is 1. The highest BCUT2D eigenvalue weighted by Gasteiger charge is 2.32. The van der Waals surface area contributed by atoms with Crippen molar-refractivity contribution in [1.29, 1.82) is 5.26 Å². The number of nitrogens with zero attached hydrogens (tertiary/aromatic N) is 3. The predicted molar refractivity (Wildman–Crippen MR) is 121 cm³/mol. The van der Waals surface area contributed by atoms with Crippen LogP contribution in [0.15, 0.2) is 27.2 Å². The summed E-state index contributed by atoms with van der Waals surface area (Å²) in [4.78, 5) is 40.3. The highest BCUT2D eigenvalue weighted by molar-refractivity contribution is 8.26. The first-order valence-electron chi connectivity index (χ1n) is 8.91. The Morgan fingerprint density at radius 3 is 2.77 bits per heavy atom. The van der Waals surface area contributed by atoms with E-state index in [-0.39, 0.29) is 35.6 Å². The van der Waals surface area contributed by atoms with E-state index >= 15 is 0 Å². The van der Waals surface area contributed by atoms with Crippen molar-refractivity contribution in [2.24, 2.45) is 7.05 Å². The molecule has 0 radical (unpaired) electrons. The van der Waals surface area contributed by atoms with Gasteiger partial charge in [-0.15, -0.1) is 11.3 Å². The Morgan fingerprint density at radius 2 is 2.13 bits per heavy atom. The number of pyridine rings is 1. The quantitative estimate of drug-likeness (QED) is 0.402. The number of hydrogen-bond acceptors (Lipinski definition) is 8. The van der Waals surface area contributed by atoms with Crippen LogP contribution < -0.4 is 5.56 Å². The molecule has 1 N–H and O–H groups in total. The summed E-state index contributed by atoms with van der Waals surface area (Å²) in [5.41, 5.74) is -0.710. The molecule has 0 saturated carbocycles. The predicted octanol–water partition coefficient (Wildman–Crippen LogP) is 3.20. The van der Waals surface area contributed by atoms with E-state index in [1.54, 1.807) is 12.1 Å². The highest BCUT2D eigenvalue weighted by Crippen LogP contribution is 2.33. The molecule has 7 nitrogen and oxygen atoms in total. The van der Waals surface area contributed by atoms with Crippen LogP contribution in [-0.2, 0) is 11.8 Å². The second-order valence-electron chi connectivity index (χ2n) is 6.55. The minimum atomic E-state index is -0.654. The van der Waals surface area contributed by atoms with E-state index in [0.717, 1.165) is 9.44 Å². The number of aromatic nitrogens is 1. The Kier molecular flexibility index (Phi) is 6.55. The molecular formula is C20H17N3O4S3. The second kappa shape index (κ2) is 8.95. The van der Waals surface area contributed by atoms with Gasteiger partial charge in [0.1, 0.15) is 16.0 Å². The molecule has 0 bridgehead atoms. The van der Waals surface area contributed by atoms with Crippen LogP contribution in [0.4, 0.5) is 0 Å². The molecule has 1 aliphatic heterocycles. The zero-order valence-electron chi connectivity index (χ0n) is 16.2. The summed E-state index contributed by atoms with van der Waals surface area (Å²) in [5.74, 6) is -1.07. The zero-order valence-corrected chi connectivity index (χ0v) is 18.6. The Hall–Kier alpha value is -2.74. The van der Waals surface area contributed by atoms with Gasteiger partial charge in [-0.2, -0.15) is 5.26 Å². The molecule has 0 spiro atoms. The highest BCUT2D eigenvalue weighted by atomic mass is 32.2. The summed E-state index contributed by atoms with van der Waals surface area (Å²) in [5, 5.41) is 21.4. The summed E-state index contributed by atoms with van der Waals surface area (Å²) in [6.07, 6.45) is 2.14. The molecular weight excluding hydrogens is 442 g/mol. The van der Waals surface area contributed by atoms with Crippen molar-refractivity contribution in [1.82, 2.24) is 9.47 Å². The fourth-order valence-corrected chi connectivity index (χ4v) is 5.10. The number of thiocarbonyl (C=S) groups is 1. The van der Waals surface area contributed by atoms with Gasteiger partial charge in [0.15, 0.2) is 5.78 Å². The first-order chi connectivity index (χ1) is 14.3. The standard InChI is InChI=1S/C20H17N3O4S3/c1-11-13(10-21)17(25)22(2)19(27)16(11)14(24)6-3-7-23-18(26)15(30-20(23)28)9-12-5-4-8-29-12/h4-5,8-9,27H,3,6-7H2,1-2H3/b15-9-. The number of aromatic hydroxyl groups is 1. The van der Waals surface area contributed by atoms with Crippen LogP contribution in [0.2, 0.25) is 0 Å². The van der Waals surface area contributed by atoms with Gasteiger partial charge in [0, 0.05) is 24.9 Å². The maximum Gasteiger partial charge on any atom is 0.271 e. The molecule has 10 heteroatoms. The summed E-state index contributed by atoms with van der Waals surface area (Å²) >= 11 is 8.05. The van der Waals surface area contributed by atoms with E-state index < -0.39 is 17.2 Å². The van der Waals surface area contributed by atoms with Gasteiger partial charge in [-0.3, -0.25) is 23.9 Å². The topological polar surface area (TPSA) is 103 Å². The minimum Gasteiger partial charge on any atom is -0.494 e. The van der Waals surface area contributed by atoms with Crippen LogP contribution >= 0.6 is 35.3 Å². The van der Waals surface area contributed by atoms with Crippen LogP contribution in [0.3, 0.4) is 0 Å². The van der Waals surface area contributed by atoms with Crippen molar-refractivity contribution < 1.29 is 14.7 Å². The van der Waals surface area contributed by atoms with E-state index in [0.29, 0.717) is 15.6 Å². The second-order valence-corrected chi connectivity index (χ2v) is 9.21. The summed E-state index contributed by atoms with van der Waals surface area (Å²) in [6, 6.07) is 5.60. The number of rotatable bonds is 6. The molecule has 1 fully saturated rings. The number of thiophene rings is 1. The first-order valence-corrected chi connectivity index (χ1v) is 11.0. The van der Waals surface area contributed by atoms with Crippen LogP contribution in [0.1, 0.15) is 39.2 Å². The molecule has 1 aliphatic rings. The van der Waals surface area contributed by atoms with Crippen LogP contribution in [-0.4, -0.2) is 37.1 Å². The van der Waals surface area contributed by atoms with Crippen molar-refractivity contribution in [3.05, 3.63) is 54.3 Å². The lowest BCUT2D eigenvalue weighted by molar-refractivity contribution is -0.122. The monoisotopic (exact) mass is 459 g/mol. The maximum absolute atomic E-state index is 12.7. The van der Waals surface area contributed by atoms with Gasteiger partial charge in [-0.1, -0.05) is 30.0 Å². The average Bonchev–Trinajstić information content (AvgIpc) is 3.30. The lowest BCUT2D eigenvalue weighted by Crippen LogP contribution is -2.29. The van der Waals surface area contributed by atoms with E-state index in [2.05, 4.69) is 0 Å². The molecule has 30 heavy (non-hydrogen) atoms. The Bertz CT molecular complexity index is 1170. The van der Waals surface area contributed by atoms with Crippen molar-refractivity contribution in [3.8, 4) is 11.9 Å². The molecule has 2 aromatic heterocycles. The van der Waals surface area contributed by atoms with Gasteiger partial charge < -0.3 is 5.11 Å². The number of nitriles is 1. The zero-order chi connectivity index (χ0) is 22.0. The largest absolute Gasteiger partial charge is 0.494 e. The van der Waals surface area contributed by atoms with E-state index in [4.69, 9.17) is 12.2 Å². The number of Topliss-reactive ketones (excluding diaryl/α,β-unsaturated/α-hetero) is 1. The van der Waals surface area contributed by atoms with Crippen LogP contribution in [0.25, 0.3) is 6.08 Å². The third-order valence-corrected chi connectivity index (χ3v) is 6.87. The van der Waals surface area contributed by atoms with Gasteiger partial charge in [-0.25, -0.2) is 0 Å². The van der Waals surface area contributed by atoms with Crippen molar-refractivity contribution in [3.63, 3.8) is 0 Å². The number of carbonyl (C=O) groups excluding carboxylic acids is 2. The maximum atomic E-state index is 12.7. The Balaban J connectivity index is 1.70. The summed E-state index contributed by atoms with van der Waals surface area (Å²) < 4.78 is 1.32. The van der Waals surface area contributed by atoms with Crippen molar-refractivity contribution >= 4 is 57.4 Å². The minimum absolute atomic E-state index is 0.0263. The molecule has 3 rings (SSSR count). The van der Waals surface area contributed by atoms with Crippen molar-refractivity contribution in [2.45, 2.75) is 19.8 Å². The van der Waals surface area contributed by atoms with Crippen molar-refractivity contribution in [2.75, 3.05) is 6.54 Å². The number of amides is 1. The Morgan fingerprint density at radius 1 is 1.40 bits per heavy atom. The molecule has 3 heterocycles. The normalized spacial score (nSPS) is 15.1. The molecule has 0 aromatic carbocycles.